The Kier molecular flexibility index (Phi) is 7.93. The van der Waals surface area contributed by atoms with E-state index in [4.69, 9.17) is 14.2 Å². The maximum Gasteiger partial charge on any atom is 0.348 e. The summed E-state index contributed by atoms with van der Waals surface area (Å²) in [5.41, 5.74) is 4.59. The van der Waals surface area contributed by atoms with Gasteiger partial charge in [-0.05, 0) is 67.1 Å². The van der Waals surface area contributed by atoms with E-state index >= 15 is 0 Å². The van der Waals surface area contributed by atoms with Gasteiger partial charge in [-0.1, -0.05) is 44.2 Å². The highest BCUT2D eigenvalue weighted by atomic mass is 16.5. The van der Waals surface area contributed by atoms with Crippen LogP contribution >= 0.6 is 0 Å². The van der Waals surface area contributed by atoms with E-state index in [9.17, 15) is 4.79 Å². The van der Waals surface area contributed by atoms with Crippen molar-refractivity contribution in [1.29, 1.82) is 0 Å². The summed E-state index contributed by atoms with van der Waals surface area (Å²) in [6, 6.07) is 20.1. The second-order valence-corrected chi connectivity index (χ2v) is 9.08. The van der Waals surface area contributed by atoms with Crippen LogP contribution in [0.1, 0.15) is 44.2 Å². The number of aromatic nitrogens is 2. The second-order valence-electron chi connectivity index (χ2n) is 9.08. The Labute approximate surface area is 212 Å². The molecule has 0 amide bonds. The van der Waals surface area contributed by atoms with Crippen LogP contribution in [0.2, 0.25) is 0 Å². The molecule has 4 aromatic rings. The van der Waals surface area contributed by atoms with Crippen molar-refractivity contribution in [3.63, 3.8) is 0 Å². The molecule has 6 heteroatoms. The van der Waals surface area contributed by atoms with Gasteiger partial charge in [0.15, 0.2) is 11.5 Å². The largest absolute Gasteiger partial charge is 0.494 e. The van der Waals surface area contributed by atoms with Crippen LogP contribution in [-0.4, -0.2) is 30.4 Å². The molecule has 1 aromatic heterocycles. The second kappa shape index (κ2) is 11.3. The summed E-state index contributed by atoms with van der Waals surface area (Å²) in [7, 11) is 3.26. The van der Waals surface area contributed by atoms with Crippen LogP contribution in [0.5, 0.6) is 17.2 Å². The molecule has 0 N–H and O–H groups in total. The molecule has 4 rings (SSSR count). The number of hydrogen-bond acceptors (Lipinski definition) is 5. The zero-order chi connectivity index (χ0) is 25.7. The van der Waals surface area contributed by atoms with Gasteiger partial charge in [0.25, 0.3) is 0 Å². The minimum absolute atomic E-state index is 0.248. The van der Waals surface area contributed by atoms with Crippen molar-refractivity contribution in [2.24, 2.45) is 0 Å². The number of nitrogens with zero attached hydrogens (tertiary/aromatic N) is 2. The number of ether oxygens (including phenoxy) is 3. The lowest BCUT2D eigenvalue weighted by Crippen LogP contribution is -2.24. The first-order valence-electron chi connectivity index (χ1n) is 12.4. The SMILES string of the molecule is CCOc1ccc2c(c1)c(-c1ccc(C(C)C)cc1)nc(=O)n2CCCc1ccc(OC)c(OC)c1. The summed E-state index contributed by atoms with van der Waals surface area (Å²) in [6.07, 6.45) is 1.57. The molecule has 6 nitrogen and oxygen atoms in total. The summed E-state index contributed by atoms with van der Waals surface area (Å²) in [5.74, 6) is 2.61. The molecular weight excluding hydrogens is 452 g/mol. The minimum Gasteiger partial charge on any atom is -0.494 e. The fourth-order valence-electron chi connectivity index (χ4n) is 4.46. The molecule has 0 unspecified atom stereocenters. The maximum atomic E-state index is 13.2. The molecule has 0 aliphatic heterocycles. The van der Waals surface area contributed by atoms with Crippen LogP contribution in [0.25, 0.3) is 22.2 Å². The average molecular weight is 487 g/mol. The van der Waals surface area contributed by atoms with Gasteiger partial charge in [0, 0.05) is 17.5 Å². The maximum absolute atomic E-state index is 13.2. The number of rotatable bonds is 10. The number of benzene rings is 3. The molecule has 0 spiro atoms. The predicted octanol–water partition coefficient (Wildman–Crippen LogP) is 6.24. The summed E-state index contributed by atoms with van der Waals surface area (Å²) in [4.78, 5) is 17.8. The van der Waals surface area contributed by atoms with Gasteiger partial charge in [-0.2, -0.15) is 4.98 Å². The zero-order valence-electron chi connectivity index (χ0n) is 21.7. The van der Waals surface area contributed by atoms with E-state index in [1.807, 2.05) is 55.5 Å². The van der Waals surface area contributed by atoms with E-state index in [0.29, 0.717) is 36.3 Å². The van der Waals surface area contributed by atoms with Crippen molar-refractivity contribution >= 4 is 10.9 Å². The van der Waals surface area contributed by atoms with Crippen molar-refractivity contribution in [3.8, 4) is 28.5 Å². The average Bonchev–Trinajstić information content (AvgIpc) is 2.89. The molecule has 0 aliphatic rings. The van der Waals surface area contributed by atoms with Gasteiger partial charge in [0.1, 0.15) is 5.75 Å². The lowest BCUT2D eigenvalue weighted by Gasteiger charge is -2.15. The van der Waals surface area contributed by atoms with Crippen LogP contribution < -0.4 is 19.9 Å². The Hall–Kier alpha value is -3.80. The third-order valence-corrected chi connectivity index (χ3v) is 6.41. The third kappa shape index (κ3) is 5.38. The monoisotopic (exact) mass is 486 g/mol. The Bertz CT molecular complexity index is 1390. The molecule has 0 aliphatic carbocycles. The van der Waals surface area contributed by atoms with Gasteiger partial charge in [-0.15, -0.1) is 0 Å². The lowest BCUT2D eigenvalue weighted by atomic mass is 9.99. The normalized spacial score (nSPS) is 11.2. The first-order chi connectivity index (χ1) is 17.4. The molecule has 0 saturated heterocycles. The number of hydrogen-bond donors (Lipinski definition) is 0. The molecule has 0 saturated carbocycles. The highest BCUT2D eigenvalue weighted by molar-refractivity contribution is 5.93. The summed E-state index contributed by atoms with van der Waals surface area (Å²) in [5, 5.41) is 0.906. The van der Waals surface area contributed by atoms with E-state index in [-0.39, 0.29) is 5.69 Å². The predicted molar refractivity (Wildman–Crippen MR) is 145 cm³/mol. The first-order valence-corrected chi connectivity index (χ1v) is 12.4. The Morgan fingerprint density at radius 2 is 1.67 bits per heavy atom. The zero-order valence-corrected chi connectivity index (χ0v) is 21.7. The van der Waals surface area contributed by atoms with Crippen LogP contribution in [0.4, 0.5) is 0 Å². The van der Waals surface area contributed by atoms with Crippen LogP contribution in [-0.2, 0) is 13.0 Å². The standard InChI is InChI=1S/C30H34N2O4/c1-6-36-24-14-15-26-25(19-24)29(23-12-10-22(11-13-23)20(2)3)31-30(33)32(26)17-7-8-21-9-16-27(34-4)28(18-21)35-5/h9-16,18-20H,6-8,17H2,1-5H3. The lowest BCUT2D eigenvalue weighted by molar-refractivity contribution is 0.340. The number of fused-ring (bicyclic) bond motifs is 1. The Balaban J connectivity index is 1.68. The van der Waals surface area contributed by atoms with Crippen molar-refractivity contribution < 1.29 is 14.2 Å². The number of aryl methyl sites for hydroxylation is 2. The Morgan fingerprint density at radius 1 is 0.917 bits per heavy atom. The number of methoxy groups -OCH3 is 2. The molecule has 1 heterocycles. The van der Waals surface area contributed by atoms with Gasteiger partial charge in [-0.25, -0.2) is 4.79 Å². The van der Waals surface area contributed by atoms with Crippen molar-refractivity contribution in [2.45, 2.75) is 46.1 Å². The van der Waals surface area contributed by atoms with Crippen LogP contribution in [0.15, 0.2) is 65.5 Å². The summed E-state index contributed by atoms with van der Waals surface area (Å²) >= 11 is 0. The van der Waals surface area contributed by atoms with Crippen molar-refractivity contribution in [1.82, 2.24) is 9.55 Å². The molecule has 0 atom stereocenters. The molecule has 188 valence electrons. The van der Waals surface area contributed by atoms with E-state index in [2.05, 4.69) is 31.0 Å². The van der Waals surface area contributed by atoms with Crippen molar-refractivity contribution in [3.05, 3.63) is 82.3 Å². The van der Waals surface area contributed by atoms with E-state index < -0.39 is 0 Å². The highest BCUT2D eigenvalue weighted by Crippen LogP contribution is 2.31. The Morgan fingerprint density at radius 3 is 2.33 bits per heavy atom. The first kappa shape index (κ1) is 25.3. The van der Waals surface area contributed by atoms with Gasteiger partial charge in [-0.3, -0.25) is 4.57 Å². The third-order valence-electron chi connectivity index (χ3n) is 6.41. The van der Waals surface area contributed by atoms with Gasteiger partial charge < -0.3 is 14.2 Å². The van der Waals surface area contributed by atoms with Crippen molar-refractivity contribution in [2.75, 3.05) is 20.8 Å². The highest BCUT2D eigenvalue weighted by Gasteiger charge is 2.14. The molecular formula is C30H34N2O4. The fourth-order valence-corrected chi connectivity index (χ4v) is 4.46. The van der Waals surface area contributed by atoms with Gasteiger partial charge in [0.05, 0.1) is 32.0 Å². The van der Waals surface area contributed by atoms with Gasteiger partial charge in [0.2, 0.25) is 0 Å². The van der Waals surface area contributed by atoms with Crippen LogP contribution in [0, 0.1) is 0 Å². The molecule has 3 aromatic carbocycles. The quantitative estimate of drug-likeness (QED) is 0.266. The topological polar surface area (TPSA) is 62.6 Å². The fraction of sp³-hybridized carbons (Fsp3) is 0.333. The molecule has 0 radical (unpaired) electrons. The molecule has 36 heavy (non-hydrogen) atoms. The van der Waals surface area contributed by atoms with Crippen LogP contribution in [0.3, 0.4) is 0 Å². The summed E-state index contributed by atoms with van der Waals surface area (Å²) in [6.45, 7) is 7.42. The smallest absolute Gasteiger partial charge is 0.348 e. The summed E-state index contributed by atoms with van der Waals surface area (Å²) < 4.78 is 18.3. The minimum atomic E-state index is -0.248. The van der Waals surface area contributed by atoms with Gasteiger partial charge >= 0.3 is 5.69 Å². The van der Waals surface area contributed by atoms with E-state index in [0.717, 1.165) is 40.6 Å². The van der Waals surface area contributed by atoms with E-state index in [1.165, 1.54) is 5.56 Å². The molecule has 0 bridgehead atoms. The molecule has 0 fully saturated rings. The van der Waals surface area contributed by atoms with E-state index in [1.54, 1.807) is 18.8 Å².